The molecule has 0 fully saturated rings. The van der Waals surface area contributed by atoms with E-state index in [1.807, 2.05) is 0 Å². The van der Waals surface area contributed by atoms with Gasteiger partial charge in [-0.1, -0.05) is 59.3 Å². The molecule has 0 unspecified atom stereocenters. The maximum Gasteiger partial charge on any atom is 0.279 e. The molecule has 27 heavy (non-hydrogen) atoms. The minimum absolute atomic E-state index is 0.222. The molecule has 164 valence electrons. The first-order valence-corrected chi connectivity index (χ1v) is 20.4. The molecule has 0 saturated heterocycles. The standard InChI is InChI=1S/C20H48O4Si3/c1-10-13-16-25(4,5)22-20(19-21,23-26(6,7)17-14-11-2)24-27(8,9)18-15-12-3/h21H,10-19H2,1-9H3. The fraction of sp³-hybridized carbons (Fsp3) is 1.00. The van der Waals surface area contributed by atoms with Crippen molar-refractivity contribution >= 4 is 25.0 Å². The van der Waals surface area contributed by atoms with Crippen LogP contribution in [0.25, 0.3) is 0 Å². The number of unbranched alkanes of at least 4 members (excludes halogenated alkanes) is 3. The highest BCUT2D eigenvalue weighted by atomic mass is 28.4. The van der Waals surface area contributed by atoms with E-state index in [1.165, 1.54) is 0 Å². The van der Waals surface area contributed by atoms with E-state index in [-0.39, 0.29) is 6.61 Å². The smallest absolute Gasteiger partial charge is 0.279 e. The molecule has 0 radical (unpaired) electrons. The molecule has 0 bridgehead atoms. The molecule has 0 spiro atoms. The summed E-state index contributed by atoms with van der Waals surface area (Å²) in [6, 6.07) is 3.18. The monoisotopic (exact) mass is 436 g/mol. The lowest BCUT2D eigenvalue weighted by molar-refractivity contribution is -0.288. The van der Waals surface area contributed by atoms with Crippen LogP contribution in [0.2, 0.25) is 57.4 Å². The van der Waals surface area contributed by atoms with Gasteiger partial charge in [-0.2, -0.15) is 0 Å². The molecule has 0 aromatic carbocycles. The van der Waals surface area contributed by atoms with Gasteiger partial charge in [-0.15, -0.1) is 0 Å². The molecule has 0 aromatic rings. The Morgan fingerprint density at radius 3 is 1.04 bits per heavy atom. The van der Waals surface area contributed by atoms with Gasteiger partial charge in [-0.3, -0.25) is 0 Å². The summed E-state index contributed by atoms with van der Waals surface area (Å²) in [6.45, 7) is 19.7. The van der Waals surface area contributed by atoms with Gasteiger partial charge in [0.15, 0.2) is 25.0 Å². The van der Waals surface area contributed by atoms with Crippen LogP contribution in [-0.4, -0.2) is 42.6 Å². The van der Waals surface area contributed by atoms with Crippen LogP contribution in [0.4, 0.5) is 0 Å². The van der Waals surface area contributed by atoms with Crippen molar-refractivity contribution in [3.8, 4) is 0 Å². The van der Waals surface area contributed by atoms with E-state index in [2.05, 4.69) is 60.1 Å². The third-order valence-electron chi connectivity index (χ3n) is 4.89. The molecule has 4 nitrogen and oxygen atoms in total. The van der Waals surface area contributed by atoms with Crippen molar-refractivity contribution < 1.29 is 18.4 Å². The van der Waals surface area contributed by atoms with E-state index in [0.29, 0.717) is 0 Å². The Hall–Kier alpha value is 0.491. The van der Waals surface area contributed by atoms with Crippen molar-refractivity contribution in [3.05, 3.63) is 0 Å². The second-order valence-corrected chi connectivity index (χ2v) is 22.4. The molecule has 0 aliphatic rings. The van der Waals surface area contributed by atoms with Gasteiger partial charge in [0.2, 0.25) is 0 Å². The number of aliphatic hydroxyl groups excluding tert-OH is 1. The number of aliphatic hydroxyl groups is 1. The zero-order valence-electron chi connectivity index (χ0n) is 19.7. The summed E-state index contributed by atoms with van der Waals surface area (Å²) in [5.41, 5.74) is 0. The molecule has 0 heterocycles. The van der Waals surface area contributed by atoms with Crippen LogP contribution in [-0.2, 0) is 13.3 Å². The Balaban J connectivity index is 5.59. The van der Waals surface area contributed by atoms with Gasteiger partial charge >= 0.3 is 0 Å². The highest BCUT2D eigenvalue weighted by Gasteiger charge is 2.47. The Morgan fingerprint density at radius 2 is 0.852 bits per heavy atom. The number of rotatable bonds is 16. The maximum atomic E-state index is 10.4. The molecule has 0 rings (SSSR count). The molecule has 0 aliphatic heterocycles. The van der Waals surface area contributed by atoms with Crippen LogP contribution in [0.5, 0.6) is 0 Å². The second kappa shape index (κ2) is 12.2. The maximum absolute atomic E-state index is 10.4. The van der Waals surface area contributed by atoms with Crippen molar-refractivity contribution in [1.29, 1.82) is 0 Å². The SMILES string of the molecule is CCCC[Si](C)(C)OC(CO)(O[Si](C)(C)CCCC)O[Si](C)(C)CCCC. The Morgan fingerprint density at radius 1 is 0.593 bits per heavy atom. The van der Waals surface area contributed by atoms with E-state index in [1.54, 1.807) is 0 Å². The molecular formula is C20H48O4Si3. The minimum Gasteiger partial charge on any atom is -0.388 e. The van der Waals surface area contributed by atoms with E-state index >= 15 is 0 Å². The summed E-state index contributed by atoms with van der Waals surface area (Å²) in [5, 5.41) is 10.4. The van der Waals surface area contributed by atoms with E-state index in [4.69, 9.17) is 13.3 Å². The predicted octanol–water partition coefficient (Wildman–Crippen LogP) is 6.70. The van der Waals surface area contributed by atoms with E-state index in [9.17, 15) is 5.11 Å². The van der Waals surface area contributed by atoms with Crippen LogP contribution in [0.3, 0.4) is 0 Å². The summed E-state index contributed by atoms with van der Waals surface area (Å²) in [6.07, 6.45) is 6.90. The molecule has 0 atom stereocenters. The molecule has 0 aliphatic carbocycles. The van der Waals surface area contributed by atoms with Gasteiger partial charge in [0.1, 0.15) is 6.61 Å². The Kier molecular flexibility index (Phi) is 12.5. The van der Waals surface area contributed by atoms with Gasteiger partial charge < -0.3 is 18.4 Å². The predicted molar refractivity (Wildman–Crippen MR) is 125 cm³/mol. The van der Waals surface area contributed by atoms with Crippen molar-refractivity contribution in [1.82, 2.24) is 0 Å². The molecule has 0 amide bonds. The van der Waals surface area contributed by atoms with Crippen molar-refractivity contribution in [2.45, 2.75) is 123 Å². The van der Waals surface area contributed by atoms with Crippen LogP contribution in [0.1, 0.15) is 59.3 Å². The molecular weight excluding hydrogens is 388 g/mol. The summed E-state index contributed by atoms with van der Waals surface area (Å²) in [7, 11) is -6.02. The van der Waals surface area contributed by atoms with Crippen LogP contribution < -0.4 is 0 Å². The van der Waals surface area contributed by atoms with Crippen molar-refractivity contribution in [3.63, 3.8) is 0 Å². The van der Waals surface area contributed by atoms with Gasteiger partial charge in [0.05, 0.1) is 0 Å². The Labute approximate surface area is 172 Å². The third-order valence-corrected chi connectivity index (χ3v) is 12.2. The van der Waals surface area contributed by atoms with Gasteiger partial charge in [-0.05, 0) is 57.4 Å². The summed E-state index contributed by atoms with van der Waals surface area (Å²) in [4.78, 5) is 0. The first-order chi connectivity index (χ1) is 12.4. The van der Waals surface area contributed by atoms with Crippen LogP contribution >= 0.6 is 0 Å². The summed E-state index contributed by atoms with van der Waals surface area (Å²) < 4.78 is 19.9. The number of hydrogen-bond acceptors (Lipinski definition) is 4. The molecule has 0 aromatic heterocycles. The van der Waals surface area contributed by atoms with Crippen LogP contribution in [0.15, 0.2) is 0 Å². The largest absolute Gasteiger partial charge is 0.388 e. The first-order valence-electron chi connectivity index (χ1n) is 11.1. The second-order valence-electron chi connectivity index (χ2n) is 9.74. The third kappa shape index (κ3) is 11.9. The summed E-state index contributed by atoms with van der Waals surface area (Å²) >= 11 is 0. The lowest BCUT2D eigenvalue weighted by atomic mass is 10.4. The van der Waals surface area contributed by atoms with E-state index < -0.39 is 30.9 Å². The van der Waals surface area contributed by atoms with Crippen molar-refractivity contribution in [2.75, 3.05) is 6.61 Å². The lowest BCUT2D eigenvalue weighted by Gasteiger charge is -2.46. The van der Waals surface area contributed by atoms with E-state index in [0.717, 1.165) is 56.7 Å². The van der Waals surface area contributed by atoms with Crippen molar-refractivity contribution in [2.24, 2.45) is 0 Å². The van der Waals surface area contributed by atoms with Crippen LogP contribution in [0, 0.1) is 0 Å². The quantitative estimate of drug-likeness (QED) is 0.216. The average Bonchev–Trinajstić information content (AvgIpc) is 2.55. The average molecular weight is 437 g/mol. The lowest BCUT2D eigenvalue weighted by Crippen LogP contribution is -2.59. The van der Waals surface area contributed by atoms with Gasteiger partial charge in [0.25, 0.3) is 5.97 Å². The Bertz CT molecular complexity index is 346. The van der Waals surface area contributed by atoms with Gasteiger partial charge in [-0.25, -0.2) is 0 Å². The zero-order valence-corrected chi connectivity index (χ0v) is 22.7. The molecule has 7 heteroatoms. The molecule has 0 saturated carbocycles. The highest BCUT2D eigenvalue weighted by Crippen LogP contribution is 2.34. The fourth-order valence-corrected chi connectivity index (χ4v) is 10.5. The van der Waals surface area contributed by atoms with Gasteiger partial charge in [0, 0.05) is 0 Å². The topological polar surface area (TPSA) is 47.9 Å². The first kappa shape index (κ1) is 27.5. The number of hydrogen-bond donors (Lipinski definition) is 1. The minimum atomic E-state index is -2.01. The molecule has 1 N–H and O–H groups in total. The summed E-state index contributed by atoms with van der Waals surface area (Å²) in [5.74, 6) is -1.27. The normalized spacial score (nSPS) is 14.0. The highest BCUT2D eigenvalue weighted by molar-refractivity contribution is 6.73. The fourth-order valence-electron chi connectivity index (χ4n) is 3.38. The zero-order chi connectivity index (χ0) is 21.2.